The number of nitro groups is 1. The summed E-state index contributed by atoms with van der Waals surface area (Å²) in [6, 6.07) is 13.1. The van der Waals surface area contributed by atoms with E-state index in [1.165, 1.54) is 18.2 Å². The smallest absolute Gasteiger partial charge is 0.282 e. The number of hydrogen-bond acceptors (Lipinski definition) is 5. The number of carbonyl (C=O) groups excluding carboxylic acids is 2. The van der Waals surface area contributed by atoms with Crippen molar-refractivity contribution >= 4 is 23.2 Å². The second-order valence-electron chi connectivity index (χ2n) is 6.49. The molecule has 0 aromatic heterocycles. The lowest BCUT2D eigenvalue weighted by atomic mass is 10.1. The number of nitro benzene ring substituents is 1. The normalized spacial score (nSPS) is 16.1. The monoisotopic (exact) mass is 383 g/mol. The standard InChI is InChI=1S/C20H21N3O5/c1-2-28-16-9-7-15(8-10-16)22-13-14(11-19(22)24)12-21-20(25)17-5-3-4-6-18(17)23(26)27/h3-10,14H,2,11-13H2,1H3,(H,21,25). The van der Waals surface area contributed by atoms with Gasteiger partial charge in [0.25, 0.3) is 11.6 Å². The summed E-state index contributed by atoms with van der Waals surface area (Å²) in [5.74, 6) is 0.144. The van der Waals surface area contributed by atoms with Crippen molar-refractivity contribution in [2.45, 2.75) is 13.3 Å². The largest absolute Gasteiger partial charge is 0.494 e. The third-order valence-electron chi connectivity index (χ3n) is 4.56. The Kier molecular flexibility index (Phi) is 5.88. The fourth-order valence-electron chi connectivity index (χ4n) is 3.21. The van der Waals surface area contributed by atoms with E-state index in [-0.39, 0.29) is 29.6 Å². The molecule has 1 aliphatic heterocycles. The van der Waals surface area contributed by atoms with Crippen LogP contribution in [0.4, 0.5) is 11.4 Å². The van der Waals surface area contributed by atoms with Gasteiger partial charge in [-0.2, -0.15) is 0 Å². The molecule has 1 unspecified atom stereocenters. The van der Waals surface area contributed by atoms with Crippen LogP contribution in [0.3, 0.4) is 0 Å². The van der Waals surface area contributed by atoms with E-state index in [0.29, 0.717) is 19.6 Å². The van der Waals surface area contributed by atoms with Crippen molar-refractivity contribution in [1.29, 1.82) is 0 Å². The first-order valence-corrected chi connectivity index (χ1v) is 9.04. The number of nitrogens with zero attached hydrogens (tertiary/aromatic N) is 2. The van der Waals surface area contributed by atoms with Gasteiger partial charge in [0, 0.05) is 37.2 Å². The number of benzene rings is 2. The molecule has 3 rings (SSSR count). The summed E-state index contributed by atoms with van der Waals surface area (Å²) in [7, 11) is 0. The molecule has 1 aliphatic rings. The minimum absolute atomic E-state index is 0.0141. The van der Waals surface area contributed by atoms with E-state index in [4.69, 9.17) is 4.74 Å². The van der Waals surface area contributed by atoms with Crippen molar-refractivity contribution in [3.8, 4) is 5.75 Å². The molecule has 0 radical (unpaired) electrons. The molecule has 2 aromatic rings. The molecule has 0 spiro atoms. The van der Waals surface area contributed by atoms with Gasteiger partial charge in [-0.25, -0.2) is 0 Å². The number of hydrogen-bond donors (Lipinski definition) is 1. The van der Waals surface area contributed by atoms with E-state index in [9.17, 15) is 19.7 Å². The molecule has 1 N–H and O–H groups in total. The van der Waals surface area contributed by atoms with Crippen LogP contribution in [0.15, 0.2) is 48.5 Å². The molecule has 1 fully saturated rings. The number of amides is 2. The Morgan fingerprint density at radius 2 is 1.96 bits per heavy atom. The Morgan fingerprint density at radius 1 is 1.25 bits per heavy atom. The number of anilines is 1. The molecule has 2 aromatic carbocycles. The molecule has 0 bridgehead atoms. The lowest BCUT2D eigenvalue weighted by Crippen LogP contribution is -2.31. The van der Waals surface area contributed by atoms with Crippen LogP contribution in [0, 0.1) is 16.0 Å². The first-order valence-electron chi connectivity index (χ1n) is 9.04. The van der Waals surface area contributed by atoms with E-state index >= 15 is 0 Å². The Hall–Kier alpha value is -3.42. The number of nitrogens with one attached hydrogen (secondary N) is 1. The molecule has 8 heteroatoms. The summed E-state index contributed by atoms with van der Waals surface area (Å²) < 4.78 is 5.41. The third-order valence-corrected chi connectivity index (χ3v) is 4.56. The van der Waals surface area contributed by atoms with Gasteiger partial charge in [-0.15, -0.1) is 0 Å². The predicted molar refractivity (Wildman–Crippen MR) is 104 cm³/mol. The average Bonchev–Trinajstić information content (AvgIpc) is 3.07. The van der Waals surface area contributed by atoms with Gasteiger partial charge in [0.1, 0.15) is 11.3 Å². The van der Waals surface area contributed by atoms with Crippen molar-refractivity contribution in [1.82, 2.24) is 5.32 Å². The van der Waals surface area contributed by atoms with Crippen molar-refractivity contribution in [3.05, 3.63) is 64.2 Å². The maximum atomic E-state index is 12.3. The maximum Gasteiger partial charge on any atom is 0.282 e. The molecule has 0 saturated carbocycles. The van der Waals surface area contributed by atoms with Crippen LogP contribution in [0.5, 0.6) is 5.75 Å². The summed E-state index contributed by atoms with van der Waals surface area (Å²) in [6.45, 7) is 3.22. The van der Waals surface area contributed by atoms with Gasteiger partial charge in [-0.1, -0.05) is 12.1 Å². The zero-order chi connectivity index (χ0) is 20.1. The minimum atomic E-state index is -0.582. The van der Waals surface area contributed by atoms with Crippen LogP contribution in [-0.4, -0.2) is 36.4 Å². The molecular weight excluding hydrogens is 362 g/mol. The second kappa shape index (κ2) is 8.51. The Bertz CT molecular complexity index is 882. The van der Waals surface area contributed by atoms with Crippen molar-refractivity contribution in [3.63, 3.8) is 0 Å². The SMILES string of the molecule is CCOc1ccc(N2CC(CNC(=O)c3ccccc3[N+](=O)[O-])CC2=O)cc1. The molecule has 146 valence electrons. The predicted octanol–water partition coefficient (Wildman–Crippen LogP) is 2.78. The first kappa shape index (κ1) is 19.3. The molecule has 8 nitrogen and oxygen atoms in total. The number of para-hydroxylation sites is 1. The van der Waals surface area contributed by atoms with E-state index in [0.717, 1.165) is 11.4 Å². The maximum absolute atomic E-state index is 12.3. The van der Waals surface area contributed by atoms with Gasteiger partial charge in [-0.05, 0) is 37.3 Å². The summed E-state index contributed by atoms with van der Waals surface area (Å²) in [6.07, 6.45) is 0.310. The Morgan fingerprint density at radius 3 is 2.64 bits per heavy atom. The third kappa shape index (κ3) is 4.28. The zero-order valence-corrected chi connectivity index (χ0v) is 15.5. The van der Waals surface area contributed by atoms with E-state index in [2.05, 4.69) is 5.32 Å². The molecule has 1 atom stereocenters. The molecular formula is C20H21N3O5. The fraction of sp³-hybridized carbons (Fsp3) is 0.300. The van der Waals surface area contributed by atoms with Crippen LogP contribution < -0.4 is 15.0 Å². The molecule has 28 heavy (non-hydrogen) atoms. The highest BCUT2D eigenvalue weighted by Crippen LogP contribution is 2.27. The average molecular weight is 383 g/mol. The van der Waals surface area contributed by atoms with E-state index in [1.807, 2.05) is 31.2 Å². The van der Waals surface area contributed by atoms with Gasteiger partial charge < -0.3 is 15.0 Å². The summed E-state index contributed by atoms with van der Waals surface area (Å²) in [5, 5.41) is 13.8. The van der Waals surface area contributed by atoms with E-state index < -0.39 is 10.8 Å². The first-order chi connectivity index (χ1) is 13.5. The number of ether oxygens (including phenoxy) is 1. The molecule has 1 saturated heterocycles. The summed E-state index contributed by atoms with van der Waals surface area (Å²) in [5.41, 5.74) is 0.555. The molecule has 0 aliphatic carbocycles. The highest BCUT2D eigenvalue weighted by molar-refractivity contribution is 5.98. The Labute approximate surface area is 162 Å². The second-order valence-corrected chi connectivity index (χ2v) is 6.49. The van der Waals surface area contributed by atoms with Crippen LogP contribution in [0.1, 0.15) is 23.7 Å². The fourth-order valence-corrected chi connectivity index (χ4v) is 3.21. The lowest BCUT2D eigenvalue weighted by molar-refractivity contribution is -0.385. The van der Waals surface area contributed by atoms with Gasteiger partial charge in [0.05, 0.1) is 11.5 Å². The van der Waals surface area contributed by atoms with Gasteiger partial charge in [0.2, 0.25) is 5.91 Å². The van der Waals surface area contributed by atoms with Crippen LogP contribution >= 0.6 is 0 Å². The van der Waals surface area contributed by atoms with E-state index in [1.54, 1.807) is 11.0 Å². The Balaban J connectivity index is 1.60. The summed E-state index contributed by atoms with van der Waals surface area (Å²) in [4.78, 5) is 36.8. The van der Waals surface area contributed by atoms with Crippen molar-refractivity contribution < 1.29 is 19.2 Å². The zero-order valence-electron chi connectivity index (χ0n) is 15.5. The van der Waals surface area contributed by atoms with Crippen molar-refractivity contribution in [2.24, 2.45) is 5.92 Å². The highest BCUT2D eigenvalue weighted by atomic mass is 16.6. The van der Waals surface area contributed by atoms with Crippen LogP contribution in [-0.2, 0) is 4.79 Å². The topological polar surface area (TPSA) is 102 Å². The number of rotatable bonds is 7. The van der Waals surface area contributed by atoms with Crippen molar-refractivity contribution in [2.75, 3.05) is 24.6 Å². The van der Waals surface area contributed by atoms with Gasteiger partial charge in [0.15, 0.2) is 0 Å². The minimum Gasteiger partial charge on any atom is -0.494 e. The lowest BCUT2D eigenvalue weighted by Gasteiger charge is -2.17. The number of carbonyl (C=O) groups is 2. The summed E-state index contributed by atoms with van der Waals surface area (Å²) >= 11 is 0. The highest BCUT2D eigenvalue weighted by Gasteiger charge is 2.31. The molecule has 1 heterocycles. The molecule has 2 amide bonds. The van der Waals surface area contributed by atoms with Crippen LogP contribution in [0.2, 0.25) is 0 Å². The van der Waals surface area contributed by atoms with Crippen LogP contribution in [0.25, 0.3) is 0 Å². The van der Waals surface area contributed by atoms with Gasteiger partial charge in [-0.3, -0.25) is 19.7 Å². The van der Waals surface area contributed by atoms with Gasteiger partial charge >= 0.3 is 0 Å². The quantitative estimate of drug-likeness (QED) is 0.585.